The lowest BCUT2D eigenvalue weighted by molar-refractivity contribution is 0.00297. The Bertz CT molecular complexity index is 571. The molecule has 0 radical (unpaired) electrons. The molecule has 4 nitrogen and oxygen atoms in total. The van der Waals surface area contributed by atoms with Crippen molar-refractivity contribution < 1.29 is 14.6 Å². The summed E-state index contributed by atoms with van der Waals surface area (Å²) in [5, 5.41) is 20.5. The zero-order chi connectivity index (χ0) is 14.3. The van der Waals surface area contributed by atoms with Crippen molar-refractivity contribution >= 4 is 15.9 Å². The lowest BCUT2D eigenvalue weighted by Crippen LogP contribution is -2.37. The largest absolute Gasteiger partial charge is 0.497 e. The highest BCUT2D eigenvalue weighted by atomic mass is 79.9. The first-order chi connectivity index (χ1) is 9.60. The summed E-state index contributed by atoms with van der Waals surface area (Å²) in [6, 6.07) is 7.76. The lowest BCUT2D eigenvalue weighted by Gasteiger charge is -2.33. The molecular formula is C15H16BrNO3. The van der Waals surface area contributed by atoms with Crippen molar-refractivity contribution in [2.75, 3.05) is 7.11 Å². The summed E-state index contributed by atoms with van der Waals surface area (Å²) >= 11 is 3.45. The quantitative estimate of drug-likeness (QED) is 0.920. The van der Waals surface area contributed by atoms with Crippen molar-refractivity contribution in [3.05, 3.63) is 28.2 Å². The number of nitriles is 1. The van der Waals surface area contributed by atoms with E-state index in [1.807, 2.05) is 12.1 Å². The Hall–Kier alpha value is -1.09. The van der Waals surface area contributed by atoms with E-state index in [0.717, 1.165) is 17.3 Å². The number of hydrogen-bond acceptors (Lipinski definition) is 4. The van der Waals surface area contributed by atoms with E-state index in [1.165, 1.54) is 0 Å². The molecule has 20 heavy (non-hydrogen) atoms. The molecule has 0 amide bonds. The third-order valence-electron chi connectivity index (χ3n) is 4.44. The minimum Gasteiger partial charge on any atom is -0.497 e. The number of aliphatic hydroxyl groups is 1. The molecule has 3 rings (SSSR count). The van der Waals surface area contributed by atoms with Gasteiger partial charge in [0.1, 0.15) is 17.3 Å². The van der Waals surface area contributed by atoms with Crippen LogP contribution in [0.25, 0.3) is 0 Å². The maximum Gasteiger partial charge on any atom is 0.119 e. The second-order valence-corrected chi connectivity index (χ2v) is 6.32. The van der Waals surface area contributed by atoms with Gasteiger partial charge < -0.3 is 14.6 Å². The van der Waals surface area contributed by atoms with Crippen LogP contribution in [-0.2, 0) is 4.74 Å². The molecule has 2 saturated heterocycles. The standard InChI is InChI=1S/C15H16BrNO3/c1-19-9-2-4-12(16)11(6-9)14(18)15(8-17)7-10-3-5-13(15)20-10/h2,4,6,10,13-14,18H,3,5,7H2,1H3. The molecule has 4 unspecified atom stereocenters. The fourth-order valence-electron chi connectivity index (χ4n) is 3.35. The third kappa shape index (κ3) is 1.95. The van der Waals surface area contributed by atoms with Gasteiger partial charge in [0.15, 0.2) is 0 Å². The Morgan fingerprint density at radius 3 is 2.90 bits per heavy atom. The van der Waals surface area contributed by atoms with Gasteiger partial charge in [-0.3, -0.25) is 0 Å². The molecule has 2 fully saturated rings. The van der Waals surface area contributed by atoms with Crippen LogP contribution in [0.2, 0.25) is 0 Å². The minimum atomic E-state index is -0.882. The van der Waals surface area contributed by atoms with Gasteiger partial charge in [-0.05, 0) is 37.5 Å². The molecule has 0 saturated carbocycles. The monoisotopic (exact) mass is 337 g/mol. The van der Waals surface area contributed by atoms with E-state index in [9.17, 15) is 10.4 Å². The molecule has 2 aliphatic heterocycles. The molecule has 106 valence electrons. The van der Waals surface area contributed by atoms with Gasteiger partial charge in [-0.2, -0.15) is 5.26 Å². The van der Waals surface area contributed by atoms with Crippen molar-refractivity contribution in [2.45, 2.75) is 37.6 Å². The van der Waals surface area contributed by atoms with Crippen molar-refractivity contribution in [3.63, 3.8) is 0 Å². The van der Waals surface area contributed by atoms with Crippen LogP contribution in [0.1, 0.15) is 30.9 Å². The molecule has 0 aliphatic carbocycles. The second-order valence-electron chi connectivity index (χ2n) is 5.47. The first kappa shape index (κ1) is 13.9. The Balaban J connectivity index is 2.00. The Morgan fingerprint density at radius 1 is 1.55 bits per heavy atom. The van der Waals surface area contributed by atoms with Crippen LogP contribution in [0.5, 0.6) is 5.75 Å². The van der Waals surface area contributed by atoms with E-state index in [-0.39, 0.29) is 12.2 Å². The number of hydrogen-bond donors (Lipinski definition) is 1. The average Bonchev–Trinajstić information content (AvgIpc) is 3.08. The molecule has 0 aromatic heterocycles. The number of nitrogens with zero attached hydrogens (tertiary/aromatic N) is 1. The van der Waals surface area contributed by atoms with Gasteiger partial charge in [0.05, 0.1) is 25.4 Å². The molecule has 1 N–H and O–H groups in total. The number of fused-ring (bicyclic) bond motifs is 2. The molecule has 5 heteroatoms. The summed E-state index contributed by atoms with van der Waals surface area (Å²) in [5.41, 5.74) is -0.167. The van der Waals surface area contributed by atoms with Crippen LogP contribution >= 0.6 is 15.9 Å². The fraction of sp³-hybridized carbons (Fsp3) is 0.533. The molecule has 2 bridgehead atoms. The fourth-order valence-corrected chi connectivity index (χ4v) is 3.81. The molecule has 1 aromatic rings. The van der Waals surface area contributed by atoms with E-state index < -0.39 is 11.5 Å². The van der Waals surface area contributed by atoms with Crippen LogP contribution in [-0.4, -0.2) is 24.4 Å². The first-order valence-electron chi connectivity index (χ1n) is 6.69. The summed E-state index contributed by atoms with van der Waals surface area (Å²) in [6.45, 7) is 0. The molecule has 2 aliphatic rings. The second kappa shape index (κ2) is 5.03. The van der Waals surface area contributed by atoms with E-state index in [2.05, 4.69) is 22.0 Å². The maximum absolute atomic E-state index is 10.8. The van der Waals surface area contributed by atoms with Gasteiger partial charge in [0.2, 0.25) is 0 Å². The lowest BCUT2D eigenvalue weighted by atomic mass is 9.69. The zero-order valence-corrected chi connectivity index (χ0v) is 12.8. The molecular weight excluding hydrogens is 322 g/mol. The minimum absolute atomic E-state index is 0.110. The van der Waals surface area contributed by atoms with Crippen molar-refractivity contribution in [2.24, 2.45) is 5.41 Å². The third-order valence-corrected chi connectivity index (χ3v) is 5.16. The summed E-state index contributed by atoms with van der Waals surface area (Å²) in [7, 11) is 1.58. The Morgan fingerprint density at radius 2 is 2.35 bits per heavy atom. The predicted octanol–water partition coefficient (Wildman–Crippen LogP) is 2.95. The van der Waals surface area contributed by atoms with Gasteiger partial charge in [-0.15, -0.1) is 0 Å². The Labute approximate surface area is 126 Å². The number of rotatable bonds is 3. The summed E-state index contributed by atoms with van der Waals surface area (Å²) in [4.78, 5) is 0. The van der Waals surface area contributed by atoms with E-state index in [4.69, 9.17) is 9.47 Å². The number of ether oxygens (including phenoxy) is 2. The maximum atomic E-state index is 10.8. The molecule has 4 atom stereocenters. The molecule has 0 spiro atoms. The normalized spacial score (nSPS) is 32.9. The predicted molar refractivity (Wildman–Crippen MR) is 76.2 cm³/mol. The van der Waals surface area contributed by atoms with Gasteiger partial charge in [-0.1, -0.05) is 15.9 Å². The van der Waals surface area contributed by atoms with E-state index in [0.29, 0.717) is 17.7 Å². The number of halogens is 1. The summed E-state index contributed by atoms with van der Waals surface area (Å²) < 4.78 is 11.8. The molecule has 2 heterocycles. The summed E-state index contributed by atoms with van der Waals surface area (Å²) in [6.07, 6.45) is 1.48. The first-order valence-corrected chi connectivity index (χ1v) is 7.48. The van der Waals surface area contributed by atoms with Gasteiger partial charge in [0.25, 0.3) is 0 Å². The summed E-state index contributed by atoms with van der Waals surface area (Å²) in [5.74, 6) is 0.666. The molecule has 1 aromatic carbocycles. The zero-order valence-electron chi connectivity index (χ0n) is 11.2. The van der Waals surface area contributed by atoms with Gasteiger partial charge in [-0.25, -0.2) is 0 Å². The van der Waals surface area contributed by atoms with Crippen molar-refractivity contribution in [3.8, 4) is 11.8 Å². The Kier molecular flexibility index (Phi) is 3.49. The number of benzene rings is 1. The SMILES string of the molecule is COc1ccc(Br)c(C(O)C2(C#N)CC3CCC2O3)c1. The smallest absolute Gasteiger partial charge is 0.119 e. The van der Waals surface area contributed by atoms with Gasteiger partial charge in [0, 0.05) is 10.0 Å². The number of methoxy groups -OCH3 is 1. The van der Waals surface area contributed by atoms with E-state index in [1.54, 1.807) is 13.2 Å². The highest BCUT2D eigenvalue weighted by molar-refractivity contribution is 9.10. The average molecular weight is 338 g/mol. The van der Waals surface area contributed by atoms with E-state index >= 15 is 0 Å². The van der Waals surface area contributed by atoms with Crippen LogP contribution in [0.15, 0.2) is 22.7 Å². The topological polar surface area (TPSA) is 62.5 Å². The van der Waals surface area contributed by atoms with Crippen LogP contribution in [0.3, 0.4) is 0 Å². The number of aliphatic hydroxyl groups excluding tert-OH is 1. The van der Waals surface area contributed by atoms with Crippen molar-refractivity contribution in [1.29, 1.82) is 5.26 Å². The highest BCUT2D eigenvalue weighted by Crippen LogP contribution is 2.54. The van der Waals surface area contributed by atoms with Crippen LogP contribution in [0.4, 0.5) is 0 Å². The van der Waals surface area contributed by atoms with Gasteiger partial charge >= 0.3 is 0 Å². The van der Waals surface area contributed by atoms with Crippen molar-refractivity contribution in [1.82, 2.24) is 0 Å². The highest BCUT2D eigenvalue weighted by Gasteiger charge is 2.57. The van der Waals surface area contributed by atoms with Crippen LogP contribution in [0, 0.1) is 16.7 Å². The van der Waals surface area contributed by atoms with Crippen LogP contribution < -0.4 is 4.74 Å².